The average molecular weight is 462 g/mol. The van der Waals surface area contributed by atoms with Crippen LogP contribution in [0.4, 0.5) is 22.0 Å². The van der Waals surface area contributed by atoms with E-state index in [2.05, 4.69) is 4.98 Å². The van der Waals surface area contributed by atoms with E-state index in [1.807, 2.05) is 4.57 Å². The maximum atomic E-state index is 13.7. The fourth-order valence-corrected chi connectivity index (χ4v) is 4.82. The summed E-state index contributed by atoms with van der Waals surface area (Å²) < 4.78 is 69.6. The Morgan fingerprint density at radius 3 is 2.61 bits per heavy atom. The quantitative estimate of drug-likeness (QED) is 0.470. The second kappa shape index (κ2) is 7.60. The van der Waals surface area contributed by atoms with Crippen molar-refractivity contribution >= 4 is 10.9 Å². The number of hydrogen-bond donors (Lipinski definition) is 0. The van der Waals surface area contributed by atoms with Crippen LogP contribution in [0, 0.1) is 6.92 Å². The molecule has 2 aliphatic rings. The van der Waals surface area contributed by atoms with Crippen LogP contribution in [0.3, 0.4) is 0 Å². The van der Waals surface area contributed by atoms with Crippen molar-refractivity contribution in [3.8, 4) is 0 Å². The molecule has 0 N–H and O–H groups in total. The van der Waals surface area contributed by atoms with Crippen molar-refractivity contribution in [2.24, 2.45) is 4.99 Å². The summed E-state index contributed by atoms with van der Waals surface area (Å²) in [5, 5.41) is 0.606. The molecule has 0 saturated heterocycles. The number of aromatic nitrogens is 3. The summed E-state index contributed by atoms with van der Waals surface area (Å²) in [5.41, 5.74) is 0.104. The van der Waals surface area contributed by atoms with Gasteiger partial charge in [-0.3, -0.25) is 9.98 Å². The summed E-state index contributed by atoms with van der Waals surface area (Å²) in [6, 6.07) is 5.11. The molecule has 3 heterocycles. The predicted molar refractivity (Wildman–Crippen MR) is 113 cm³/mol. The molecule has 1 atom stereocenters. The SMILES string of the molecule is Cc1c(C(C)N=c2nc3n(c4cnc(C5(C(F)F)CC5)cc24)CCC3)cccc1C(F)(F)F. The van der Waals surface area contributed by atoms with Gasteiger partial charge >= 0.3 is 6.18 Å². The van der Waals surface area contributed by atoms with Crippen LogP contribution < -0.4 is 5.49 Å². The molecule has 2 aromatic heterocycles. The molecule has 0 bridgehead atoms. The zero-order valence-electron chi connectivity index (χ0n) is 18.3. The maximum absolute atomic E-state index is 13.7. The lowest BCUT2D eigenvalue weighted by atomic mass is 9.97. The number of halogens is 5. The van der Waals surface area contributed by atoms with Gasteiger partial charge in [-0.25, -0.2) is 13.8 Å². The second-order valence-electron chi connectivity index (χ2n) is 8.97. The Kier molecular flexibility index (Phi) is 5.06. The van der Waals surface area contributed by atoms with E-state index in [4.69, 9.17) is 9.98 Å². The van der Waals surface area contributed by atoms with Gasteiger partial charge in [0.1, 0.15) is 5.82 Å². The first-order chi connectivity index (χ1) is 15.6. The van der Waals surface area contributed by atoms with E-state index >= 15 is 0 Å². The summed E-state index contributed by atoms with van der Waals surface area (Å²) >= 11 is 0. The number of alkyl halides is 5. The molecule has 1 aliphatic heterocycles. The van der Waals surface area contributed by atoms with Gasteiger partial charge in [-0.2, -0.15) is 13.2 Å². The van der Waals surface area contributed by atoms with Crippen LogP contribution in [-0.4, -0.2) is 21.0 Å². The van der Waals surface area contributed by atoms with Gasteiger partial charge in [-0.15, -0.1) is 0 Å². The second-order valence-corrected chi connectivity index (χ2v) is 8.97. The Morgan fingerprint density at radius 2 is 1.94 bits per heavy atom. The summed E-state index contributed by atoms with van der Waals surface area (Å²) in [4.78, 5) is 13.8. The molecule has 174 valence electrons. The third kappa shape index (κ3) is 3.61. The van der Waals surface area contributed by atoms with Crippen LogP contribution in [0.15, 0.2) is 35.5 Å². The Labute approximate surface area is 187 Å². The summed E-state index contributed by atoms with van der Waals surface area (Å²) in [5.74, 6) is 0.818. The lowest BCUT2D eigenvalue weighted by Gasteiger charge is -2.17. The maximum Gasteiger partial charge on any atom is 0.416 e. The third-order valence-corrected chi connectivity index (χ3v) is 6.91. The molecular weight excluding hydrogens is 439 g/mol. The highest BCUT2D eigenvalue weighted by molar-refractivity contribution is 5.78. The van der Waals surface area contributed by atoms with E-state index in [9.17, 15) is 22.0 Å². The van der Waals surface area contributed by atoms with Gasteiger partial charge in [0.05, 0.1) is 34.4 Å². The first kappa shape index (κ1) is 22.0. The fraction of sp³-hybridized carbons (Fsp3) is 0.458. The van der Waals surface area contributed by atoms with Gasteiger partial charge in [-0.05, 0) is 56.4 Å². The van der Waals surface area contributed by atoms with Crippen molar-refractivity contribution < 1.29 is 22.0 Å². The minimum absolute atomic E-state index is 0.123. The zero-order valence-corrected chi connectivity index (χ0v) is 18.3. The topological polar surface area (TPSA) is 43.1 Å². The molecule has 3 aromatic rings. The molecule has 0 amide bonds. The predicted octanol–water partition coefficient (Wildman–Crippen LogP) is 5.66. The van der Waals surface area contributed by atoms with E-state index in [1.165, 1.54) is 13.0 Å². The van der Waals surface area contributed by atoms with Gasteiger partial charge in [-0.1, -0.05) is 12.1 Å². The average Bonchev–Trinajstić information content (AvgIpc) is 3.45. The highest BCUT2D eigenvalue weighted by atomic mass is 19.4. The Bertz CT molecular complexity index is 1300. The van der Waals surface area contributed by atoms with Gasteiger partial charge in [0.25, 0.3) is 0 Å². The lowest BCUT2D eigenvalue weighted by molar-refractivity contribution is -0.138. The number of aryl methyl sites for hydroxylation is 2. The van der Waals surface area contributed by atoms with Crippen LogP contribution in [0.2, 0.25) is 0 Å². The first-order valence-electron chi connectivity index (χ1n) is 11.0. The molecule has 1 aromatic carbocycles. The number of nitrogens with zero attached hydrogens (tertiary/aromatic N) is 4. The minimum Gasteiger partial charge on any atom is -0.328 e. The standard InChI is InChI=1S/C24H23F5N4/c1-13-15(5-3-6-17(13)24(27,28)29)14(2)31-21-16-11-19(23(8-9-23)22(25)26)30-12-18(16)33-10-4-7-20(33)32-21/h3,5-6,11-12,14,22H,4,7-10H2,1-2H3. The summed E-state index contributed by atoms with van der Waals surface area (Å²) in [6.07, 6.45) is -2.95. The van der Waals surface area contributed by atoms with Crippen LogP contribution in [-0.2, 0) is 24.6 Å². The molecule has 5 rings (SSSR count). The first-order valence-corrected chi connectivity index (χ1v) is 11.0. The third-order valence-electron chi connectivity index (χ3n) is 6.91. The number of hydrogen-bond acceptors (Lipinski definition) is 3. The van der Waals surface area contributed by atoms with Crippen LogP contribution in [0.5, 0.6) is 0 Å². The van der Waals surface area contributed by atoms with Crippen molar-refractivity contribution in [1.82, 2.24) is 14.5 Å². The van der Waals surface area contributed by atoms with Crippen molar-refractivity contribution in [3.05, 3.63) is 64.2 Å². The van der Waals surface area contributed by atoms with E-state index in [0.29, 0.717) is 35.0 Å². The highest BCUT2D eigenvalue weighted by Gasteiger charge is 2.53. The molecule has 1 unspecified atom stereocenters. The van der Waals surface area contributed by atoms with E-state index < -0.39 is 29.6 Å². The van der Waals surface area contributed by atoms with Gasteiger partial charge in [0.15, 0.2) is 5.49 Å². The van der Waals surface area contributed by atoms with E-state index in [1.54, 1.807) is 25.3 Å². The Balaban J connectivity index is 1.69. The smallest absolute Gasteiger partial charge is 0.328 e. The summed E-state index contributed by atoms with van der Waals surface area (Å²) in [6.45, 7) is 3.91. The molecule has 0 spiro atoms. The molecule has 33 heavy (non-hydrogen) atoms. The van der Waals surface area contributed by atoms with Crippen molar-refractivity contribution in [2.45, 2.75) is 70.1 Å². The molecular formula is C24H23F5N4. The Hall–Kier alpha value is -2.84. The summed E-state index contributed by atoms with van der Waals surface area (Å²) in [7, 11) is 0. The fourth-order valence-electron chi connectivity index (χ4n) is 4.82. The van der Waals surface area contributed by atoms with Crippen molar-refractivity contribution in [2.75, 3.05) is 0 Å². The minimum atomic E-state index is -4.45. The monoisotopic (exact) mass is 462 g/mol. The highest BCUT2D eigenvalue weighted by Crippen LogP contribution is 2.52. The number of rotatable bonds is 4. The number of fused-ring (bicyclic) bond motifs is 3. The molecule has 4 nitrogen and oxygen atoms in total. The van der Waals surface area contributed by atoms with Gasteiger partial charge in [0.2, 0.25) is 6.43 Å². The molecule has 1 aliphatic carbocycles. The van der Waals surface area contributed by atoms with Gasteiger partial charge in [0, 0.05) is 18.4 Å². The number of pyridine rings is 1. The normalized spacial score (nSPS) is 18.7. The molecule has 9 heteroatoms. The van der Waals surface area contributed by atoms with Crippen LogP contribution >= 0.6 is 0 Å². The molecule has 0 radical (unpaired) electrons. The number of benzene rings is 1. The lowest BCUT2D eigenvalue weighted by Crippen LogP contribution is -2.22. The largest absolute Gasteiger partial charge is 0.416 e. The van der Waals surface area contributed by atoms with Crippen molar-refractivity contribution in [3.63, 3.8) is 0 Å². The Morgan fingerprint density at radius 1 is 1.18 bits per heavy atom. The van der Waals surface area contributed by atoms with E-state index in [-0.39, 0.29) is 5.56 Å². The molecule has 1 fully saturated rings. The zero-order chi connectivity index (χ0) is 23.5. The van der Waals surface area contributed by atoms with Crippen molar-refractivity contribution in [1.29, 1.82) is 0 Å². The van der Waals surface area contributed by atoms with Crippen LogP contribution in [0.1, 0.15) is 60.4 Å². The van der Waals surface area contributed by atoms with Crippen LogP contribution in [0.25, 0.3) is 10.9 Å². The molecule has 1 saturated carbocycles. The van der Waals surface area contributed by atoms with Gasteiger partial charge < -0.3 is 4.57 Å². The van der Waals surface area contributed by atoms with E-state index in [0.717, 1.165) is 36.8 Å².